The van der Waals surface area contributed by atoms with Gasteiger partial charge in [-0.05, 0) is 38.0 Å². The van der Waals surface area contributed by atoms with Crippen LogP contribution in [0, 0.1) is 0 Å². The fraction of sp³-hybridized carbons (Fsp3) is 0.429. The molecule has 1 saturated carbocycles. The number of methoxy groups -OCH3 is 1. The molecular weight excluding hydrogens is 370 g/mol. The third-order valence-corrected chi connectivity index (χ3v) is 5.67. The number of carbonyl (C=O) groups is 1. The van der Waals surface area contributed by atoms with E-state index in [1.54, 1.807) is 6.07 Å². The molecule has 1 fully saturated rings. The lowest BCUT2D eigenvalue weighted by Crippen LogP contribution is -2.46. The van der Waals surface area contributed by atoms with Gasteiger partial charge in [0.05, 0.1) is 18.4 Å². The molecule has 1 aliphatic heterocycles. The first-order valence-electron chi connectivity index (χ1n) is 9.89. The fourth-order valence-corrected chi connectivity index (χ4v) is 4.27. The molecule has 2 aromatic rings. The summed E-state index contributed by atoms with van der Waals surface area (Å²) in [6.07, 6.45) is 8.89. The third kappa shape index (κ3) is 3.62. The number of anilines is 3. The molecule has 2 N–H and O–H groups in total. The molecule has 8 heteroatoms. The monoisotopic (exact) mass is 396 g/mol. The number of ether oxygens (including phenoxy) is 1. The number of hydrogen-bond donors (Lipinski definition) is 2. The lowest BCUT2D eigenvalue weighted by molar-refractivity contribution is -0.402. The Balaban J connectivity index is 1.69. The van der Waals surface area contributed by atoms with Crippen LogP contribution >= 0.6 is 0 Å². The van der Waals surface area contributed by atoms with Crippen molar-refractivity contribution < 1.29 is 19.2 Å². The highest BCUT2D eigenvalue weighted by Crippen LogP contribution is 2.37. The fourth-order valence-electron chi connectivity index (χ4n) is 4.27. The summed E-state index contributed by atoms with van der Waals surface area (Å²) in [5, 5.41) is 12.4. The second kappa shape index (κ2) is 7.69. The number of carboxylic acids is 1. The van der Waals surface area contributed by atoms with E-state index in [1.165, 1.54) is 44.9 Å². The molecule has 1 atom stereocenters. The van der Waals surface area contributed by atoms with Crippen LogP contribution in [0.2, 0.25) is 0 Å². The molecule has 29 heavy (non-hydrogen) atoms. The van der Waals surface area contributed by atoms with Gasteiger partial charge in [-0.15, -0.1) is 0 Å². The number of aromatic nitrogens is 2. The largest absolute Gasteiger partial charge is 0.495 e. The first-order chi connectivity index (χ1) is 14.0. The molecule has 2 heterocycles. The zero-order chi connectivity index (χ0) is 20.5. The van der Waals surface area contributed by atoms with E-state index in [9.17, 15) is 9.90 Å². The Morgan fingerprint density at radius 2 is 2.10 bits per heavy atom. The third-order valence-electron chi connectivity index (χ3n) is 5.67. The first-order valence-corrected chi connectivity index (χ1v) is 9.89. The number of rotatable bonds is 5. The Bertz CT molecular complexity index is 969. The highest BCUT2D eigenvalue weighted by atomic mass is 16.5. The summed E-state index contributed by atoms with van der Waals surface area (Å²) < 4.78 is 7.43. The number of nitrogens with one attached hydrogen (secondary N) is 1. The highest BCUT2D eigenvalue weighted by Gasteiger charge is 2.36. The highest BCUT2D eigenvalue weighted by molar-refractivity contribution is 5.89. The van der Waals surface area contributed by atoms with Gasteiger partial charge in [0.2, 0.25) is 11.8 Å². The van der Waals surface area contributed by atoms with Crippen molar-refractivity contribution in [3.8, 4) is 5.75 Å². The molecule has 0 radical (unpaired) electrons. The van der Waals surface area contributed by atoms with Crippen molar-refractivity contribution in [1.82, 2.24) is 9.97 Å². The molecule has 1 aromatic carbocycles. The maximum atomic E-state index is 11.2. The number of benzene rings is 1. The standard InChI is InChI=1S/C21H25N5O3/c1-13-12-25(2)17-11-22-21(24-19(17)26(13)15-6-4-5-7-15)23-16-9-8-14(20(27)28)10-18(16)29-3/h8-13,15H,4-7H2,1-3H3,(H-,22,23,24,27,28)/p+1. The average Bonchev–Trinajstić information content (AvgIpc) is 3.22. The summed E-state index contributed by atoms with van der Waals surface area (Å²) in [5.74, 6) is 0.807. The molecule has 0 amide bonds. The van der Waals surface area contributed by atoms with Gasteiger partial charge in [-0.3, -0.25) is 0 Å². The summed E-state index contributed by atoms with van der Waals surface area (Å²) in [5.41, 5.74) is 1.76. The second-order valence-corrected chi connectivity index (χ2v) is 7.59. The minimum absolute atomic E-state index is 0.164. The SMILES string of the molecule is COc1cc(C(=O)O)ccc1Nc1ncc2c(n1)N(C1CCCC1)C(C)C=[N+]2C. The Morgan fingerprint density at radius 3 is 2.79 bits per heavy atom. The van der Waals surface area contributed by atoms with Gasteiger partial charge in [-0.25, -0.2) is 9.78 Å². The number of fused-ring (bicyclic) bond motifs is 1. The van der Waals surface area contributed by atoms with Crippen molar-refractivity contribution >= 4 is 35.3 Å². The van der Waals surface area contributed by atoms with Crippen molar-refractivity contribution in [2.75, 3.05) is 24.4 Å². The van der Waals surface area contributed by atoms with Gasteiger partial charge in [0.1, 0.15) is 25.0 Å². The van der Waals surface area contributed by atoms with Gasteiger partial charge in [-0.1, -0.05) is 12.8 Å². The van der Waals surface area contributed by atoms with E-state index in [0.717, 1.165) is 11.5 Å². The van der Waals surface area contributed by atoms with Crippen molar-refractivity contribution in [2.45, 2.75) is 44.7 Å². The van der Waals surface area contributed by atoms with Gasteiger partial charge in [0.25, 0.3) is 5.69 Å². The quantitative estimate of drug-likeness (QED) is 0.748. The molecule has 152 valence electrons. The van der Waals surface area contributed by atoms with Gasteiger partial charge in [-0.2, -0.15) is 9.56 Å². The van der Waals surface area contributed by atoms with Crippen LogP contribution in [-0.2, 0) is 0 Å². The smallest absolute Gasteiger partial charge is 0.335 e. The van der Waals surface area contributed by atoms with E-state index < -0.39 is 5.97 Å². The molecule has 0 bridgehead atoms. The van der Waals surface area contributed by atoms with Crippen LogP contribution in [0.1, 0.15) is 43.0 Å². The van der Waals surface area contributed by atoms with E-state index in [1.807, 2.05) is 13.2 Å². The van der Waals surface area contributed by atoms with E-state index in [2.05, 4.69) is 32.9 Å². The topological polar surface area (TPSA) is 90.6 Å². The predicted octanol–water partition coefficient (Wildman–Crippen LogP) is 3.42. The summed E-state index contributed by atoms with van der Waals surface area (Å²) in [7, 11) is 3.53. The normalized spacial score (nSPS) is 18.9. The predicted molar refractivity (Wildman–Crippen MR) is 111 cm³/mol. The lowest BCUT2D eigenvalue weighted by atomic mass is 10.1. The zero-order valence-electron chi connectivity index (χ0n) is 16.9. The summed E-state index contributed by atoms with van der Waals surface area (Å²) >= 11 is 0. The van der Waals surface area contributed by atoms with Gasteiger partial charge >= 0.3 is 5.97 Å². The Hall–Kier alpha value is -3.16. The molecule has 1 aliphatic carbocycles. The first kappa shape index (κ1) is 19.2. The maximum Gasteiger partial charge on any atom is 0.335 e. The molecule has 8 nitrogen and oxygen atoms in total. The zero-order valence-corrected chi connectivity index (χ0v) is 16.9. The lowest BCUT2D eigenvalue weighted by Gasteiger charge is -2.35. The maximum absolute atomic E-state index is 11.2. The number of aromatic carboxylic acids is 1. The summed E-state index contributed by atoms with van der Waals surface area (Å²) in [6, 6.07) is 5.42. The molecule has 0 spiro atoms. The minimum atomic E-state index is -1.000. The molecule has 1 unspecified atom stereocenters. The minimum Gasteiger partial charge on any atom is -0.495 e. The van der Waals surface area contributed by atoms with Crippen LogP contribution in [0.4, 0.5) is 23.1 Å². The van der Waals surface area contributed by atoms with Crippen molar-refractivity contribution in [3.05, 3.63) is 30.0 Å². The number of hydrogen-bond acceptors (Lipinski definition) is 6. The van der Waals surface area contributed by atoms with E-state index >= 15 is 0 Å². The van der Waals surface area contributed by atoms with E-state index in [4.69, 9.17) is 9.72 Å². The Kier molecular flexibility index (Phi) is 5.08. The molecule has 1 aromatic heterocycles. The summed E-state index contributed by atoms with van der Waals surface area (Å²) in [6.45, 7) is 2.20. The molecule has 0 saturated heterocycles. The van der Waals surface area contributed by atoms with Crippen molar-refractivity contribution in [1.29, 1.82) is 0 Å². The van der Waals surface area contributed by atoms with Crippen LogP contribution in [0.5, 0.6) is 5.75 Å². The van der Waals surface area contributed by atoms with Crippen molar-refractivity contribution in [3.63, 3.8) is 0 Å². The van der Waals surface area contributed by atoms with E-state index in [0.29, 0.717) is 23.4 Å². The van der Waals surface area contributed by atoms with Crippen molar-refractivity contribution in [2.24, 2.45) is 0 Å². The van der Waals surface area contributed by atoms with Gasteiger partial charge < -0.3 is 20.1 Å². The Labute approximate surface area is 169 Å². The van der Waals surface area contributed by atoms with Crippen LogP contribution in [0.3, 0.4) is 0 Å². The molecule has 2 aliphatic rings. The van der Waals surface area contributed by atoms with Gasteiger partial charge in [0, 0.05) is 6.04 Å². The molecular formula is C21H26N5O3+. The van der Waals surface area contributed by atoms with Crippen LogP contribution in [-0.4, -0.2) is 58.1 Å². The average molecular weight is 396 g/mol. The van der Waals surface area contributed by atoms with Crippen LogP contribution in [0.15, 0.2) is 24.4 Å². The molecule has 4 rings (SSSR count). The second-order valence-electron chi connectivity index (χ2n) is 7.59. The Morgan fingerprint density at radius 1 is 1.34 bits per heavy atom. The summed E-state index contributed by atoms with van der Waals surface area (Å²) in [4.78, 5) is 22.9. The number of nitrogens with zero attached hydrogens (tertiary/aromatic N) is 4. The van der Waals surface area contributed by atoms with Gasteiger partial charge in [0.15, 0.2) is 6.21 Å². The van der Waals surface area contributed by atoms with Crippen LogP contribution in [0.25, 0.3) is 0 Å². The van der Waals surface area contributed by atoms with E-state index in [-0.39, 0.29) is 11.6 Å². The van der Waals surface area contributed by atoms with Crippen LogP contribution < -0.4 is 15.0 Å². The number of carboxylic acid groups (broad SMARTS) is 1.